The minimum atomic E-state index is -1.53. The number of phenolic OH excluding ortho intramolecular Hbond substituents is 4. The summed E-state index contributed by atoms with van der Waals surface area (Å²) in [6.07, 6.45) is 1.18. The number of methoxy groups -OCH3 is 1. The predicted molar refractivity (Wildman–Crippen MR) is 142 cm³/mol. The van der Waals surface area contributed by atoms with Gasteiger partial charge in [-0.05, 0) is 59.9 Å². The Bertz CT molecular complexity index is 1900. The summed E-state index contributed by atoms with van der Waals surface area (Å²) in [5.74, 6) is -6.25. The Morgan fingerprint density at radius 2 is 1.56 bits per heavy atom. The Balaban J connectivity index is 1.53. The minimum absolute atomic E-state index is 0.0629. The molecule has 41 heavy (non-hydrogen) atoms. The lowest BCUT2D eigenvalue weighted by Crippen LogP contribution is -2.43. The molecule has 4 aliphatic rings. The number of aliphatic hydroxyl groups excluding tert-OH is 2. The molecule has 0 saturated carbocycles. The molecule has 6 N–H and O–H groups in total. The van der Waals surface area contributed by atoms with Crippen molar-refractivity contribution in [2.24, 2.45) is 5.41 Å². The number of hydrogen-bond acceptors (Lipinski definition) is 10. The molecule has 10 nitrogen and oxygen atoms in total. The topological polar surface area (TPSA) is 182 Å². The number of benzene rings is 3. The summed E-state index contributed by atoms with van der Waals surface area (Å²) < 4.78 is 4.98. The highest BCUT2D eigenvalue weighted by Crippen LogP contribution is 2.66. The number of ketones is 3. The number of carbonyl (C=O) groups is 3. The molecule has 0 amide bonds. The smallest absolute Gasteiger partial charge is 0.203 e. The zero-order chi connectivity index (χ0) is 29.3. The molecular weight excluding hydrogens is 532 g/mol. The molecule has 3 aromatic rings. The van der Waals surface area contributed by atoms with Crippen LogP contribution >= 0.6 is 0 Å². The second kappa shape index (κ2) is 7.76. The van der Waals surface area contributed by atoms with Crippen molar-refractivity contribution < 1.29 is 49.8 Å². The summed E-state index contributed by atoms with van der Waals surface area (Å²) in [7, 11) is 1.17. The Hall–Kier alpha value is -5.09. The molecule has 0 saturated heterocycles. The zero-order valence-electron chi connectivity index (χ0n) is 21.6. The highest BCUT2D eigenvalue weighted by molar-refractivity contribution is 6.31. The number of rotatable bonds is 1. The van der Waals surface area contributed by atoms with E-state index < -0.39 is 69.1 Å². The number of ether oxygens (including phenoxy) is 1. The number of fused-ring (bicyclic) bond motifs is 6. The molecule has 1 spiro atoms. The molecule has 4 aliphatic carbocycles. The predicted octanol–water partition coefficient (Wildman–Crippen LogP) is 3.38. The van der Waals surface area contributed by atoms with Gasteiger partial charge in [-0.1, -0.05) is 12.1 Å². The third kappa shape index (κ3) is 2.77. The van der Waals surface area contributed by atoms with Crippen molar-refractivity contribution in [3.05, 3.63) is 92.1 Å². The van der Waals surface area contributed by atoms with Crippen LogP contribution in [0, 0.1) is 12.3 Å². The fraction of sp³-hybridized carbons (Fsp3) is 0.194. The third-order valence-electron chi connectivity index (χ3n) is 8.85. The van der Waals surface area contributed by atoms with Crippen LogP contribution < -0.4 is 4.74 Å². The van der Waals surface area contributed by atoms with Gasteiger partial charge in [-0.15, -0.1) is 0 Å². The minimum Gasteiger partial charge on any atom is -0.507 e. The van der Waals surface area contributed by atoms with E-state index in [0.29, 0.717) is 11.1 Å². The number of phenols is 4. The SMILES string of the molecule is COc1c(O)cc2c(c1O)C(=O)c1c(O)cc3c(c1C2=O)[C@H]1C=CC(=O)C2=C(O)c4c(O)cc(C)cc4[C@H](O)[C@@]21C3. The van der Waals surface area contributed by atoms with Gasteiger partial charge in [0.05, 0.1) is 35.5 Å². The lowest BCUT2D eigenvalue weighted by molar-refractivity contribution is -0.114. The van der Waals surface area contributed by atoms with Crippen molar-refractivity contribution in [2.75, 3.05) is 7.11 Å². The van der Waals surface area contributed by atoms with E-state index in [9.17, 15) is 45.0 Å². The van der Waals surface area contributed by atoms with Crippen LogP contribution in [0.25, 0.3) is 5.76 Å². The molecule has 0 aromatic heterocycles. The fourth-order valence-corrected chi connectivity index (χ4v) is 7.31. The first-order valence-electron chi connectivity index (χ1n) is 12.7. The third-order valence-corrected chi connectivity index (χ3v) is 8.85. The average Bonchev–Trinajstić information content (AvgIpc) is 3.23. The Labute approximate surface area is 231 Å². The maximum Gasteiger partial charge on any atom is 0.203 e. The van der Waals surface area contributed by atoms with Gasteiger partial charge in [-0.25, -0.2) is 0 Å². The number of aliphatic hydroxyl groups is 2. The quantitative estimate of drug-likeness (QED) is 0.204. The van der Waals surface area contributed by atoms with Crippen molar-refractivity contribution in [1.82, 2.24) is 0 Å². The molecule has 3 aromatic carbocycles. The van der Waals surface area contributed by atoms with Crippen LogP contribution in [0.2, 0.25) is 0 Å². The van der Waals surface area contributed by atoms with Gasteiger partial charge in [0, 0.05) is 22.5 Å². The van der Waals surface area contributed by atoms with Crippen molar-refractivity contribution >= 4 is 23.1 Å². The normalized spacial score (nSPS) is 23.4. The summed E-state index contributed by atoms with van der Waals surface area (Å²) in [6, 6.07) is 5.29. The van der Waals surface area contributed by atoms with E-state index in [0.717, 1.165) is 6.07 Å². The molecule has 7 rings (SSSR count). The van der Waals surface area contributed by atoms with Crippen LogP contribution in [0.1, 0.15) is 71.7 Å². The monoisotopic (exact) mass is 554 g/mol. The molecule has 3 atom stereocenters. The standard InChI is InChI=1S/C31H22O10/c1-10-5-13-20(16(33)6-10)27(38)24-15(32)4-3-14-19-11(9-31(14,24)30(13)40)7-17(34)22-23(19)25(36)12-8-18(35)29(41-2)28(39)21(12)26(22)37/h3-8,14,30,33-35,38-40H,9H2,1-2H3/t14-,30+,31-/m1/s1. The Morgan fingerprint density at radius 3 is 2.27 bits per heavy atom. The Kier molecular flexibility index (Phi) is 4.72. The van der Waals surface area contributed by atoms with E-state index in [1.165, 1.54) is 31.4 Å². The summed E-state index contributed by atoms with van der Waals surface area (Å²) in [4.78, 5) is 41.0. The largest absolute Gasteiger partial charge is 0.507 e. The molecule has 206 valence electrons. The van der Waals surface area contributed by atoms with E-state index in [4.69, 9.17) is 4.74 Å². The van der Waals surface area contributed by atoms with Crippen LogP contribution in [-0.4, -0.2) is 55.1 Å². The molecule has 0 bridgehead atoms. The van der Waals surface area contributed by atoms with Crippen molar-refractivity contribution in [1.29, 1.82) is 0 Å². The lowest BCUT2D eigenvalue weighted by atomic mass is 9.57. The van der Waals surface area contributed by atoms with Gasteiger partial charge in [0.15, 0.2) is 23.1 Å². The van der Waals surface area contributed by atoms with Crippen LogP contribution in [0.5, 0.6) is 28.7 Å². The van der Waals surface area contributed by atoms with Crippen LogP contribution in [0.3, 0.4) is 0 Å². The molecule has 0 unspecified atom stereocenters. The van der Waals surface area contributed by atoms with E-state index in [-0.39, 0.29) is 51.1 Å². The van der Waals surface area contributed by atoms with E-state index in [2.05, 4.69) is 0 Å². The molecule has 0 aliphatic heterocycles. The number of aryl methyl sites for hydroxylation is 1. The van der Waals surface area contributed by atoms with Crippen molar-refractivity contribution in [3.63, 3.8) is 0 Å². The van der Waals surface area contributed by atoms with Gasteiger partial charge in [0.1, 0.15) is 17.3 Å². The zero-order valence-corrected chi connectivity index (χ0v) is 21.6. The lowest BCUT2D eigenvalue weighted by Gasteiger charge is -2.46. The summed E-state index contributed by atoms with van der Waals surface area (Å²) in [6.45, 7) is 1.70. The maximum atomic E-state index is 14.0. The van der Waals surface area contributed by atoms with Gasteiger partial charge in [-0.2, -0.15) is 0 Å². The van der Waals surface area contributed by atoms with E-state index >= 15 is 0 Å². The number of hydrogen-bond donors (Lipinski definition) is 6. The first kappa shape index (κ1) is 24.9. The molecule has 0 fully saturated rings. The van der Waals surface area contributed by atoms with Gasteiger partial charge >= 0.3 is 0 Å². The van der Waals surface area contributed by atoms with Gasteiger partial charge in [0.25, 0.3) is 0 Å². The molecule has 0 heterocycles. The molecular formula is C31H22O10. The maximum absolute atomic E-state index is 14.0. The number of allylic oxidation sites excluding steroid dienone is 2. The van der Waals surface area contributed by atoms with Crippen LogP contribution in [0.15, 0.2) is 42.0 Å². The average molecular weight is 555 g/mol. The first-order valence-corrected chi connectivity index (χ1v) is 12.7. The molecule has 0 radical (unpaired) electrons. The van der Waals surface area contributed by atoms with Crippen molar-refractivity contribution in [3.8, 4) is 28.7 Å². The second-order valence-electron chi connectivity index (χ2n) is 10.9. The first-order chi connectivity index (χ1) is 19.4. The number of carbonyl (C=O) groups excluding carboxylic acids is 3. The highest BCUT2D eigenvalue weighted by atomic mass is 16.5. The van der Waals surface area contributed by atoms with Crippen LogP contribution in [-0.2, 0) is 11.2 Å². The van der Waals surface area contributed by atoms with Gasteiger partial charge < -0.3 is 35.4 Å². The van der Waals surface area contributed by atoms with E-state index in [1.807, 2.05) is 0 Å². The summed E-state index contributed by atoms with van der Waals surface area (Å²) in [5.41, 5.74) is -1.63. The van der Waals surface area contributed by atoms with E-state index in [1.54, 1.807) is 13.0 Å². The number of aromatic hydroxyl groups is 4. The van der Waals surface area contributed by atoms with Gasteiger partial charge in [0.2, 0.25) is 11.5 Å². The summed E-state index contributed by atoms with van der Waals surface area (Å²) in [5, 5.41) is 66.1. The van der Waals surface area contributed by atoms with Gasteiger partial charge in [-0.3, -0.25) is 14.4 Å². The van der Waals surface area contributed by atoms with Crippen LogP contribution in [0.4, 0.5) is 0 Å². The second-order valence-corrected chi connectivity index (χ2v) is 10.9. The van der Waals surface area contributed by atoms with Crippen molar-refractivity contribution in [2.45, 2.75) is 25.4 Å². The fourth-order valence-electron chi connectivity index (χ4n) is 7.31. The Morgan fingerprint density at radius 1 is 0.854 bits per heavy atom. The molecule has 10 heteroatoms. The highest BCUT2D eigenvalue weighted by Gasteiger charge is 2.61. The summed E-state index contributed by atoms with van der Waals surface area (Å²) >= 11 is 0.